The van der Waals surface area contributed by atoms with Crippen LogP contribution in [0.25, 0.3) is 0 Å². The van der Waals surface area contributed by atoms with Crippen LogP contribution in [0.5, 0.6) is 5.75 Å². The van der Waals surface area contributed by atoms with Crippen LogP contribution in [-0.4, -0.2) is 18.2 Å². The lowest BCUT2D eigenvalue weighted by Crippen LogP contribution is -2.13. The van der Waals surface area contributed by atoms with E-state index in [1.54, 1.807) is 30.3 Å². The van der Waals surface area contributed by atoms with Gasteiger partial charge in [-0.1, -0.05) is 12.1 Å². The van der Waals surface area contributed by atoms with Gasteiger partial charge in [-0.15, -0.1) is 0 Å². The summed E-state index contributed by atoms with van der Waals surface area (Å²) >= 11 is 0. The molecule has 0 saturated heterocycles. The van der Waals surface area contributed by atoms with Gasteiger partial charge < -0.3 is 4.74 Å². The van der Waals surface area contributed by atoms with Gasteiger partial charge in [0, 0.05) is 11.1 Å². The standard InChI is InChI=1S/C21H14F2O3/c22-16-9-5-14(6-10-16)21(25)15-7-11-17(12-8-15)26-13-20(24)18-3-1-2-4-19(18)23/h1-12H,13H2. The fourth-order valence-corrected chi connectivity index (χ4v) is 2.38. The smallest absolute Gasteiger partial charge is 0.203 e. The molecule has 0 N–H and O–H groups in total. The zero-order valence-electron chi connectivity index (χ0n) is 13.6. The molecule has 0 radical (unpaired) electrons. The Hall–Kier alpha value is -3.34. The van der Waals surface area contributed by atoms with Gasteiger partial charge >= 0.3 is 0 Å². The quantitative estimate of drug-likeness (QED) is 0.615. The van der Waals surface area contributed by atoms with E-state index in [1.165, 1.54) is 42.5 Å². The minimum Gasteiger partial charge on any atom is -0.485 e. The molecular weight excluding hydrogens is 338 g/mol. The fourth-order valence-electron chi connectivity index (χ4n) is 2.38. The molecule has 0 aliphatic heterocycles. The van der Waals surface area contributed by atoms with Crippen molar-refractivity contribution in [3.05, 3.63) is 101 Å². The molecule has 5 heteroatoms. The third-order valence-corrected chi connectivity index (χ3v) is 3.77. The maximum atomic E-state index is 13.6. The molecule has 130 valence electrons. The zero-order valence-corrected chi connectivity index (χ0v) is 13.6. The minimum absolute atomic E-state index is 0.0318. The topological polar surface area (TPSA) is 43.4 Å². The van der Waals surface area contributed by atoms with Crippen molar-refractivity contribution in [3.8, 4) is 5.75 Å². The number of Topliss-reactive ketones (excluding diaryl/α,β-unsaturated/α-hetero) is 1. The van der Waals surface area contributed by atoms with Crippen LogP contribution in [0.4, 0.5) is 8.78 Å². The Morgan fingerprint density at radius 1 is 0.769 bits per heavy atom. The molecule has 3 aromatic carbocycles. The van der Waals surface area contributed by atoms with Gasteiger partial charge in [0.25, 0.3) is 0 Å². The summed E-state index contributed by atoms with van der Waals surface area (Å²) in [6.45, 7) is -0.313. The number of hydrogen-bond acceptors (Lipinski definition) is 3. The number of hydrogen-bond donors (Lipinski definition) is 0. The van der Waals surface area contributed by atoms with Crippen molar-refractivity contribution in [2.24, 2.45) is 0 Å². The van der Waals surface area contributed by atoms with Gasteiger partial charge in [-0.3, -0.25) is 9.59 Å². The third kappa shape index (κ3) is 4.00. The Labute approximate surface area is 148 Å². The molecule has 0 aromatic heterocycles. The fraction of sp³-hybridized carbons (Fsp3) is 0.0476. The molecule has 0 heterocycles. The Bertz CT molecular complexity index is 932. The van der Waals surface area contributed by atoms with E-state index in [0.717, 1.165) is 0 Å². The first kappa shape index (κ1) is 17.5. The zero-order chi connectivity index (χ0) is 18.5. The highest BCUT2D eigenvalue weighted by molar-refractivity contribution is 6.09. The molecule has 26 heavy (non-hydrogen) atoms. The summed E-state index contributed by atoms with van der Waals surface area (Å²) in [6.07, 6.45) is 0. The van der Waals surface area contributed by atoms with Crippen LogP contribution in [0.15, 0.2) is 72.8 Å². The Balaban J connectivity index is 1.64. The second-order valence-electron chi connectivity index (χ2n) is 5.55. The van der Waals surface area contributed by atoms with E-state index in [0.29, 0.717) is 16.9 Å². The number of rotatable bonds is 6. The van der Waals surface area contributed by atoms with Crippen LogP contribution in [0.1, 0.15) is 26.3 Å². The van der Waals surface area contributed by atoms with E-state index in [2.05, 4.69) is 0 Å². The number of ether oxygens (including phenoxy) is 1. The number of carbonyl (C=O) groups excluding carboxylic acids is 2. The highest BCUT2D eigenvalue weighted by Crippen LogP contribution is 2.17. The van der Waals surface area contributed by atoms with Gasteiger partial charge in [0.05, 0.1) is 5.56 Å². The van der Waals surface area contributed by atoms with Gasteiger partial charge in [-0.05, 0) is 60.7 Å². The van der Waals surface area contributed by atoms with Crippen molar-refractivity contribution in [2.75, 3.05) is 6.61 Å². The molecule has 0 fully saturated rings. The summed E-state index contributed by atoms with van der Waals surface area (Å²) < 4.78 is 31.8. The van der Waals surface area contributed by atoms with Crippen molar-refractivity contribution < 1.29 is 23.1 Å². The summed E-state index contributed by atoms with van der Waals surface area (Å²) in [4.78, 5) is 24.3. The third-order valence-electron chi connectivity index (χ3n) is 3.77. The summed E-state index contributed by atoms with van der Waals surface area (Å²) in [5, 5.41) is 0. The number of benzene rings is 3. The number of ketones is 2. The highest BCUT2D eigenvalue weighted by atomic mass is 19.1. The van der Waals surface area contributed by atoms with Crippen LogP contribution in [-0.2, 0) is 0 Å². The van der Waals surface area contributed by atoms with Crippen molar-refractivity contribution in [3.63, 3.8) is 0 Å². The lowest BCUT2D eigenvalue weighted by atomic mass is 10.0. The maximum absolute atomic E-state index is 13.6. The van der Waals surface area contributed by atoms with Gasteiger partial charge in [0.15, 0.2) is 12.4 Å². The number of halogens is 2. The van der Waals surface area contributed by atoms with Gasteiger partial charge in [-0.2, -0.15) is 0 Å². The predicted molar refractivity (Wildman–Crippen MR) is 92.5 cm³/mol. The molecule has 3 nitrogen and oxygen atoms in total. The van der Waals surface area contributed by atoms with Crippen LogP contribution in [0, 0.1) is 11.6 Å². The average molecular weight is 352 g/mol. The Morgan fingerprint density at radius 2 is 1.35 bits per heavy atom. The molecular formula is C21H14F2O3. The van der Waals surface area contributed by atoms with E-state index in [-0.39, 0.29) is 18.0 Å². The normalized spacial score (nSPS) is 10.4. The van der Waals surface area contributed by atoms with Crippen molar-refractivity contribution in [1.29, 1.82) is 0 Å². The lowest BCUT2D eigenvalue weighted by Gasteiger charge is -2.07. The molecule has 0 aliphatic rings. The summed E-state index contributed by atoms with van der Waals surface area (Å²) in [7, 11) is 0. The van der Waals surface area contributed by atoms with E-state index in [4.69, 9.17) is 4.74 Å². The average Bonchev–Trinajstić information content (AvgIpc) is 2.67. The lowest BCUT2D eigenvalue weighted by molar-refractivity contribution is 0.0916. The van der Waals surface area contributed by atoms with E-state index < -0.39 is 17.4 Å². The van der Waals surface area contributed by atoms with Crippen molar-refractivity contribution in [2.45, 2.75) is 0 Å². The molecule has 0 saturated carbocycles. The Kier molecular flexibility index (Phi) is 5.17. The van der Waals surface area contributed by atoms with E-state index in [1.807, 2.05) is 0 Å². The molecule has 0 amide bonds. The summed E-state index contributed by atoms with van der Waals surface area (Å²) in [6, 6.07) is 17.1. The molecule has 3 aromatic rings. The van der Waals surface area contributed by atoms with E-state index in [9.17, 15) is 18.4 Å². The predicted octanol–water partition coefficient (Wildman–Crippen LogP) is 4.46. The SMILES string of the molecule is O=C(c1ccc(F)cc1)c1ccc(OCC(=O)c2ccccc2F)cc1. The molecule has 0 spiro atoms. The molecule has 0 atom stereocenters. The monoisotopic (exact) mass is 352 g/mol. The van der Waals surface area contributed by atoms with Gasteiger partial charge in [0.1, 0.15) is 17.4 Å². The summed E-state index contributed by atoms with van der Waals surface area (Å²) in [5.41, 5.74) is 0.745. The first-order valence-electron chi connectivity index (χ1n) is 7.85. The summed E-state index contributed by atoms with van der Waals surface area (Å²) in [5.74, 6) is -1.36. The van der Waals surface area contributed by atoms with Gasteiger partial charge in [-0.25, -0.2) is 8.78 Å². The van der Waals surface area contributed by atoms with Crippen LogP contribution >= 0.6 is 0 Å². The van der Waals surface area contributed by atoms with Crippen LogP contribution in [0.3, 0.4) is 0 Å². The van der Waals surface area contributed by atoms with Gasteiger partial charge in [0.2, 0.25) is 5.78 Å². The maximum Gasteiger partial charge on any atom is 0.203 e. The largest absolute Gasteiger partial charge is 0.485 e. The van der Waals surface area contributed by atoms with Crippen molar-refractivity contribution >= 4 is 11.6 Å². The van der Waals surface area contributed by atoms with Crippen LogP contribution in [0.2, 0.25) is 0 Å². The molecule has 0 aliphatic carbocycles. The minimum atomic E-state index is -0.596. The molecule has 3 rings (SSSR count). The Morgan fingerprint density at radius 3 is 1.96 bits per heavy atom. The second-order valence-corrected chi connectivity index (χ2v) is 5.55. The molecule has 0 bridgehead atoms. The van der Waals surface area contributed by atoms with Crippen molar-refractivity contribution in [1.82, 2.24) is 0 Å². The first-order valence-corrected chi connectivity index (χ1v) is 7.85. The second kappa shape index (κ2) is 7.70. The number of carbonyl (C=O) groups is 2. The van der Waals surface area contributed by atoms with E-state index >= 15 is 0 Å². The first-order chi connectivity index (χ1) is 12.5. The molecule has 0 unspecified atom stereocenters. The highest BCUT2D eigenvalue weighted by Gasteiger charge is 2.12. The van der Waals surface area contributed by atoms with Crippen LogP contribution < -0.4 is 4.74 Å².